The van der Waals surface area contributed by atoms with E-state index in [0.29, 0.717) is 0 Å². The molecule has 0 aliphatic rings. The molecule has 0 saturated heterocycles. The van der Waals surface area contributed by atoms with Gasteiger partial charge in [0.1, 0.15) is 11.4 Å². The molecular weight excluding hydrogens is 382 g/mol. The summed E-state index contributed by atoms with van der Waals surface area (Å²) in [6.45, 7) is 4.02. The lowest BCUT2D eigenvalue weighted by molar-refractivity contribution is 0.281. The number of benzene rings is 2. The smallest absolute Gasteiger partial charge is 0.138 e. The topological polar surface area (TPSA) is 41.1 Å². The number of ether oxygens (including phenoxy) is 1. The van der Waals surface area contributed by atoms with Crippen molar-refractivity contribution >= 4 is 21.9 Å². The van der Waals surface area contributed by atoms with Crippen LogP contribution in [0, 0.1) is 0 Å². The lowest BCUT2D eigenvalue weighted by Gasteiger charge is -2.11. The van der Waals surface area contributed by atoms with Crippen LogP contribution in [0.1, 0.15) is 38.2 Å². The summed E-state index contributed by atoms with van der Waals surface area (Å²) in [5, 5.41) is 2.45. The van der Waals surface area contributed by atoms with Gasteiger partial charge in [-0.1, -0.05) is 38.0 Å². The van der Waals surface area contributed by atoms with Crippen molar-refractivity contribution in [2.45, 2.75) is 39.0 Å². The van der Waals surface area contributed by atoms with Gasteiger partial charge in [-0.05, 0) is 80.4 Å². The highest BCUT2D eigenvalue weighted by Gasteiger charge is 2.09. The highest BCUT2D eigenvalue weighted by atomic mass is 16.5. The molecule has 2 aromatic heterocycles. The summed E-state index contributed by atoms with van der Waals surface area (Å²) in [7, 11) is 4.17. The van der Waals surface area contributed by atoms with Gasteiger partial charge in [-0.3, -0.25) is 0 Å². The number of aromatic amines is 1. The lowest BCUT2D eigenvalue weighted by Crippen LogP contribution is -2.15. The number of aromatic nitrogens is 2. The molecule has 0 saturated carbocycles. The molecule has 0 spiro atoms. The fraction of sp³-hybridized carbons (Fsp3) is 0.370. The second kappa shape index (κ2) is 9.97. The van der Waals surface area contributed by atoms with Crippen molar-refractivity contribution in [3.8, 4) is 16.9 Å². The number of nitrogens with zero attached hydrogens (tertiary/aromatic N) is 2. The van der Waals surface area contributed by atoms with E-state index in [0.717, 1.165) is 42.9 Å². The van der Waals surface area contributed by atoms with Crippen molar-refractivity contribution in [1.29, 1.82) is 0 Å². The Kier molecular flexibility index (Phi) is 6.88. The minimum Gasteiger partial charge on any atom is -0.494 e. The Morgan fingerprint density at radius 3 is 2.48 bits per heavy atom. The van der Waals surface area contributed by atoms with Crippen LogP contribution in [-0.4, -0.2) is 42.1 Å². The molecule has 0 atom stereocenters. The zero-order valence-electron chi connectivity index (χ0n) is 18.9. The van der Waals surface area contributed by atoms with E-state index >= 15 is 0 Å². The number of fused-ring (bicyclic) bond motifs is 3. The molecule has 4 nitrogen and oxygen atoms in total. The molecule has 0 radical (unpaired) electrons. The van der Waals surface area contributed by atoms with Gasteiger partial charge in [0.15, 0.2) is 0 Å². The third kappa shape index (κ3) is 5.26. The van der Waals surface area contributed by atoms with Crippen LogP contribution in [0.15, 0.2) is 54.7 Å². The van der Waals surface area contributed by atoms with Gasteiger partial charge in [0.05, 0.1) is 6.61 Å². The molecule has 31 heavy (non-hydrogen) atoms. The molecule has 0 amide bonds. The number of unbranched alkanes of at least 4 members (excludes halogenated alkanes) is 2. The van der Waals surface area contributed by atoms with Crippen LogP contribution in [0.4, 0.5) is 0 Å². The molecule has 0 unspecified atom stereocenters. The number of H-pyrrole nitrogens is 1. The van der Waals surface area contributed by atoms with Gasteiger partial charge >= 0.3 is 0 Å². The maximum absolute atomic E-state index is 5.88. The van der Waals surface area contributed by atoms with Gasteiger partial charge in [0, 0.05) is 29.0 Å². The Labute approximate surface area is 185 Å². The number of pyridine rings is 1. The average Bonchev–Trinajstić information content (AvgIpc) is 3.14. The van der Waals surface area contributed by atoms with Gasteiger partial charge in [-0.2, -0.15) is 0 Å². The fourth-order valence-corrected chi connectivity index (χ4v) is 4.03. The summed E-state index contributed by atoms with van der Waals surface area (Å²) in [5.41, 5.74) is 5.83. The summed E-state index contributed by atoms with van der Waals surface area (Å²) in [4.78, 5) is 10.3. The summed E-state index contributed by atoms with van der Waals surface area (Å²) in [6, 6.07) is 17.3. The van der Waals surface area contributed by atoms with Crippen molar-refractivity contribution in [3.63, 3.8) is 0 Å². The highest BCUT2D eigenvalue weighted by Crippen LogP contribution is 2.31. The predicted octanol–water partition coefficient (Wildman–Crippen LogP) is 6.45. The third-order valence-electron chi connectivity index (χ3n) is 5.78. The van der Waals surface area contributed by atoms with E-state index in [-0.39, 0.29) is 0 Å². The van der Waals surface area contributed by atoms with Crippen molar-refractivity contribution in [2.75, 3.05) is 27.2 Å². The van der Waals surface area contributed by atoms with Crippen molar-refractivity contribution in [3.05, 3.63) is 60.3 Å². The van der Waals surface area contributed by atoms with Crippen LogP contribution in [0.5, 0.6) is 5.75 Å². The summed E-state index contributed by atoms with van der Waals surface area (Å²) < 4.78 is 5.88. The molecule has 2 heterocycles. The van der Waals surface area contributed by atoms with Gasteiger partial charge in [0.2, 0.25) is 0 Å². The first-order valence-corrected chi connectivity index (χ1v) is 11.4. The SMILES string of the molecule is CCCCCc1cnc2[nH]c3ccc(-c4ccc(OCCCN(C)C)cc4)cc3c2c1. The second-order valence-corrected chi connectivity index (χ2v) is 8.61. The van der Waals surface area contributed by atoms with Gasteiger partial charge in [0.25, 0.3) is 0 Å². The Morgan fingerprint density at radius 1 is 0.903 bits per heavy atom. The van der Waals surface area contributed by atoms with Gasteiger partial charge in [-0.15, -0.1) is 0 Å². The second-order valence-electron chi connectivity index (χ2n) is 8.61. The Morgan fingerprint density at radius 2 is 1.71 bits per heavy atom. The van der Waals surface area contributed by atoms with Crippen LogP contribution in [0.3, 0.4) is 0 Å². The summed E-state index contributed by atoms with van der Waals surface area (Å²) in [5.74, 6) is 0.927. The molecular formula is C27H33N3O. The maximum atomic E-state index is 5.88. The molecule has 0 fully saturated rings. The predicted molar refractivity (Wildman–Crippen MR) is 131 cm³/mol. The van der Waals surface area contributed by atoms with Crippen molar-refractivity contribution in [1.82, 2.24) is 14.9 Å². The van der Waals surface area contributed by atoms with E-state index in [2.05, 4.69) is 84.4 Å². The van der Waals surface area contributed by atoms with E-state index in [9.17, 15) is 0 Å². The number of hydrogen-bond acceptors (Lipinski definition) is 3. The van der Waals surface area contributed by atoms with E-state index in [1.165, 1.54) is 46.7 Å². The first-order chi connectivity index (χ1) is 15.1. The maximum Gasteiger partial charge on any atom is 0.138 e. The van der Waals surface area contributed by atoms with E-state index in [1.807, 2.05) is 6.20 Å². The molecule has 0 bridgehead atoms. The van der Waals surface area contributed by atoms with Crippen molar-refractivity contribution in [2.24, 2.45) is 0 Å². The molecule has 1 N–H and O–H groups in total. The largest absolute Gasteiger partial charge is 0.494 e. The van der Waals surface area contributed by atoms with Crippen LogP contribution < -0.4 is 4.74 Å². The first kappa shape index (κ1) is 21.4. The van der Waals surface area contributed by atoms with Crippen LogP contribution in [-0.2, 0) is 6.42 Å². The fourth-order valence-electron chi connectivity index (χ4n) is 4.03. The average molecular weight is 416 g/mol. The summed E-state index contributed by atoms with van der Waals surface area (Å²) >= 11 is 0. The number of hydrogen-bond donors (Lipinski definition) is 1. The first-order valence-electron chi connectivity index (χ1n) is 11.4. The Bertz CT molecular complexity index is 1130. The van der Waals surface area contributed by atoms with E-state index < -0.39 is 0 Å². The van der Waals surface area contributed by atoms with Crippen LogP contribution >= 0.6 is 0 Å². The van der Waals surface area contributed by atoms with Gasteiger partial charge < -0.3 is 14.6 Å². The number of rotatable bonds is 10. The monoisotopic (exact) mass is 415 g/mol. The molecule has 162 valence electrons. The van der Waals surface area contributed by atoms with E-state index in [4.69, 9.17) is 4.74 Å². The minimum absolute atomic E-state index is 0.742. The van der Waals surface area contributed by atoms with Gasteiger partial charge in [-0.25, -0.2) is 4.98 Å². The molecule has 2 aromatic carbocycles. The summed E-state index contributed by atoms with van der Waals surface area (Å²) in [6.07, 6.45) is 7.88. The molecule has 0 aliphatic carbocycles. The number of nitrogens with one attached hydrogen (secondary N) is 1. The quantitative estimate of drug-likeness (QED) is 0.303. The van der Waals surface area contributed by atoms with Crippen molar-refractivity contribution < 1.29 is 4.74 Å². The minimum atomic E-state index is 0.742. The molecule has 0 aliphatic heterocycles. The van der Waals surface area contributed by atoms with E-state index in [1.54, 1.807) is 0 Å². The molecule has 4 rings (SSSR count). The molecule has 4 heteroatoms. The zero-order valence-corrected chi connectivity index (χ0v) is 18.9. The zero-order chi connectivity index (χ0) is 21.6. The third-order valence-corrected chi connectivity index (χ3v) is 5.78. The van der Waals surface area contributed by atoms with Crippen LogP contribution in [0.2, 0.25) is 0 Å². The Hall–Kier alpha value is -2.85. The Balaban J connectivity index is 1.53. The molecule has 4 aromatic rings. The normalized spacial score (nSPS) is 11.6. The highest BCUT2D eigenvalue weighted by molar-refractivity contribution is 6.07. The number of aryl methyl sites for hydroxylation is 1. The standard InChI is InChI=1S/C27H33N3O/c1-4-5-6-8-20-17-25-24-18-22(11-14-26(24)29-27(25)28-19-20)21-9-12-23(13-10-21)31-16-7-15-30(2)3/h9-14,17-19H,4-8,15-16H2,1-3H3,(H,28,29). The lowest BCUT2D eigenvalue weighted by atomic mass is 10.0. The van der Waals surface area contributed by atoms with Crippen LogP contribution in [0.25, 0.3) is 33.1 Å².